The zero-order valence-electron chi connectivity index (χ0n) is 11.6. The third-order valence-corrected chi connectivity index (χ3v) is 5.08. The van der Waals surface area contributed by atoms with Crippen molar-refractivity contribution in [2.24, 2.45) is 17.6 Å². The first-order chi connectivity index (χ1) is 8.72. The molecule has 3 atom stereocenters. The second kappa shape index (κ2) is 6.69. The largest absolute Gasteiger partial charge is 0.330 e. The molecule has 1 fully saturated rings. The summed E-state index contributed by atoms with van der Waals surface area (Å²) < 4.78 is 0. The summed E-state index contributed by atoms with van der Waals surface area (Å²) in [6.07, 6.45) is 5.29. The highest BCUT2D eigenvalue weighted by molar-refractivity contribution is 7.10. The van der Waals surface area contributed by atoms with Gasteiger partial charge in [-0.15, -0.1) is 11.3 Å². The van der Waals surface area contributed by atoms with Crippen LogP contribution >= 0.6 is 11.3 Å². The van der Waals surface area contributed by atoms with Crippen LogP contribution in [0.2, 0.25) is 0 Å². The lowest BCUT2D eigenvalue weighted by Gasteiger charge is -2.35. The van der Waals surface area contributed by atoms with Gasteiger partial charge in [-0.05, 0) is 42.7 Å². The average molecular weight is 266 g/mol. The minimum absolute atomic E-state index is 0.488. The zero-order valence-corrected chi connectivity index (χ0v) is 12.4. The van der Waals surface area contributed by atoms with Gasteiger partial charge in [-0.1, -0.05) is 32.8 Å². The summed E-state index contributed by atoms with van der Waals surface area (Å²) in [6.45, 7) is 5.43. The molecule has 0 spiro atoms. The molecule has 1 saturated carbocycles. The van der Waals surface area contributed by atoms with Crippen LogP contribution in [0.3, 0.4) is 0 Å². The summed E-state index contributed by atoms with van der Waals surface area (Å²) in [5, 5.41) is 6.06. The quantitative estimate of drug-likeness (QED) is 0.855. The van der Waals surface area contributed by atoms with Crippen LogP contribution in [-0.4, -0.2) is 12.6 Å². The Labute approximate surface area is 115 Å². The maximum Gasteiger partial charge on any atom is 0.0440 e. The molecule has 0 aliphatic heterocycles. The van der Waals surface area contributed by atoms with Gasteiger partial charge in [0.05, 0.1) is 0 Å². The summed E-state index contributed by atoms with van der Waals surface area (Å²) in [4.78, 5) is 1.46. The smallest absolute Gasteiger partial charge is 0.0440 e. The van der Waals surface area contributed by atoms with Crippen LogP contribution in [0.15, 0.2) is 17.5 Å². The molecule has 3 unspecified atom stereocenters. The SMILES string of the molecule is CC(C)C(NC1CCCCC1CN)c1cccs1. The second-order valence-corrected chi connectivity index (χ2v) is 6.77. The van der Waals surface area contributed by atoms with Crippen LogP contribution < -0.4 is 11.1 Å². The number of hydrogen-bond acceptors (Lipinski definition) is 3. The Kier molecular flexibility index (Phi) is 5.22. The molecular formula is C15H26N2S. The van der Waals surface area contributed by atoms with Crippen LogP contribution in [0.1, 0.15) is 50.4 Å². The molecule has 102 valence electrons. The summed E-state index contributed by atoms with van der Waals surface area (Å²) in [5.41, 5.74) is 5.93. The van der Waals surface area contributed by atoms with E-state index in [1.165, 1.54) is 30.6 Å². The number of nitrogens with two attached hydrogens (primary N) is 1. The van der Waals surface area contributed by atoms with E-state index in [0.29, 0.717) is 23.9 Å². The number of nitrogens with one attached hydrogen (secondary N) is 1. The molecule has 1 aliphatic carbocycles. The highest BCUT2D eigenvalue weighted by Crippen LogP contribution is 2.30. The molecule has 2 nitrogen and oxygen atoms in total. The van der Waals surface area contributed by atoms with Gasteiger partial charge in [0.1, 0.15) is 0 Å². The lowest BCUT2D eigenvalue weighted by Crippen LogP contribution is -2.44. The monoisotopic (exact) mass is 266 g/mol. The second-order valence-electron chi connectivity index (χ2n) is 5.79. The van der Waals surface area contributed by atoms with E-state index in [9.17, 15) is 0 Å². The predicted octanol–water partition coefficient (Wildman–Crippen LogP) is 3.55. The molecular weight excluding hydrogens is 240 g/mol. The van der Waals surface area contributed by atoms with Crippen molar-refractivity contribution in [2.45, 2.75) is 51.6 Å². The van der Waals surface area contributed by atoms with Crippen molar-refractivity contribution in [1.29, 1.82) is 0 Å². The summed E-state index contributed by atoms with van der Waals surface area (Å²) in [6, 6.07) is 5.50. The molecule has 0 aromatic carbocycles. The fraction of sp³-hybridized carbons (Fsp3) is 0.733. The first-order valence-electron chi connectivity index (χ1n) is 7.22. The fourth-order valence-corrected chi connectivity index (χ4v) is 3.97. The molecule has 2 rings (SSSR count). The van der Waals surface area contributed by atoms with E-state index in [2.05, 4.69) is 36.7 Å². The molecule has 1 aliphatic rings. The van der Waals surface area contributed by atoms with Gasteiger partial charge in [0.15, 0.2) is 0 Å². The van der Waals surface area contributed by atoms with Crippen molar-refractivity contribution in [3.05, 3.63) is 22.4 Å². The van der Waals surface area contributed by atoms with E-state index in [-0.39, 0.29) is 0 Å². The van der Waals surface area contributed by atoms with Crippen molar-refractivity contribution >= 4 is 11.3 Å². The van der Waals surface area contributed by atoms with E-state index in [1.54, 1.807) is 0 Å². The van der Waals surface area contributed by atoms with Crippen molar-refractivity contribution < 1.29 is 0 Å². The van der Waals surface area contributed by atoms with Crippen LogP contribution in [0.4, 0.5) is 0 Å². The van der Waals surface area contributed by atoms with Gasteiger partial charge in [0, 0.05) is 17.0 Å². The molecule has 0 radical (unpaired) electrons. The zero-order chi connectivity index (χ0) is 13.0. The highest BCUT2D eigenvalue weighted by Gasteiger charge is 2.28. The fourth-order valence-electron chi connectivity index (χ4n) is 3.01. The molecule has 3 N–H and O–H groups in total. The maximum absolute atomic E-state index is 5.93. The number of thiophene rings is 1. The Morgan fingerprint density at radius 1 is 1.39 bits per heavy atom. The Morgan fingerprint density at radius 2 is 2.17 bits per heavy atom. The van der Waals surface area contributed by atoms with Gasteiger partial charge >= 0.3 is 0 Å². The van der Waals surface area contributed by atoms with Crippen molar-refractivity contribution in [1.82, 2.24) is 5.32 Å². The van der Waals surface area contributed by atoms with Gasteiger partial charge in [-0.3, -0.25) is 0 Å². The minimum Gasteiger partial charge on any atom is -0.330 e. The first kappa shape index (κ1) is 14.0. The van der Waals surface area contributed by atoms with E-state index < -0.39 is 0 Å². The summed E-state index contributed by atoms with van der Waals surface area (Å²) >= 11 is 1.86. The summed E-state index contributed by atoms with van der Waals surface area (Å²) in [7, 11) is 0. The normalized spacial score (nSPS) is 26.4. The summed E-state index contributed by atoms with van der Waals surface area (Å²) in [5.74, 6) is 1.30. The van der Waals surface area contributed by atoms with Gasteiger partial charge in [-0.25, -0.2) is 0 Å². The van der Waals surface area contributed by atoms with Crippen molar-refractivity contribution in [3.8, 4) is 0 Å². The Hall–Kier alpha value is -0.380. The molecule has 3 heteroatoms. The third-order valence-electron chi connectivity index (χ3n) is 4.12. The maximum atomic E-state index is 5.93. The minimum atomic E-state index is 0.488. The van der Waals surface area contributed by atoms with Crippen LogP contribution in [0.5, 0.6) is 0 Å². The molecule has 18 heavy (non-hydrogen) atoms. The molecule has 0 amide bonds. The van der Waals surface area contributed by atoms with Crippen molar-refractivity contribution in [2.75, 3.05) is 6.54 Å². The highest BCUT2D eigenvalue weighted by atomic mass is 32.1. The van der Waals surface area contributed by atoms with Gasteiger partial charge < -0.3 is 11.1 Å². The van der Waals surface area contributed by atoms with Gasteiger partial charge in [0.25, 0.3) is 0 Å². The molecule has 1 heterocycles. The molecule has 0 saturated heterocycles. The number of hydrogen-bond donors (Lipinski definition) is 2. The average Bonchev–Trinajstić information content (AvgIpc) is 2.89. The predicted molar refractivity (Wildman–Crippen MR) is 79.8 cm³/mol. The number of rotatable bonds is 5. The third kappa shape index (κ3) is 3.34. The Balaban J connectivity index is 2.04. The molecule has 0 bridgehead atoms. The Morgan fingerprint density at radius 3 is 2.78 bits per heavy atom. The topological polar surface area (TPSA) is 38.0 Å². The lowest BCUT2D eigenvalue weighted by atomic mass is 9.83. The standard InChI is InChI=1S/C15H26N2S/c1-11(2)15(14-8-5-9-18-14)17-13-7-4-3-6-12(13)10-16/h5,8-9,11-13,15,17H,3-4,6-7,10,16H2,1-2H3. The van der Waals surface area contributed by atoms with Gasteiger partial charge in [0.2, 0.25) is 0 Å². The van der Waals surface area contributed by atoms with E-state index in [0.717, 1.165) is 6.54 Å². The van der Waals surface area contributed by atoms with E-state index >= 15 is 0 Å². The van der Waals surface area contributed by atoms with Gasteiger partial charge in [-0.2, -0.15) is 0 Å². The van der Waals surface area contributed by atoms with E-state index in [4.69, 9.17) is 5.73 Å². The van der Waals surface area contributed by atoms with Crippen LogP contribution in [0.25, 0.3) is 0 Å². The van der Waals surface area contributed by atoms with Crippen LogP contribution in [0, 0.1) is 11.8 Å². The van der Waals surface area contributed by atoms with E-state index in [1.807, 2.05) is 11.3 Å². The molecule has 1 aromatic heterocycles. The van der Waals surface area contributed by atoms with Crippen molar-refractivity contribution in [3.63, 3.8) is 0 Å². The first-order valence-corrected chi connectivity index (χ1v) is 8.10. The van der Waals surface area contributed by atoms with Crippen LogP contribution in [-0.2, 0) is 0 Å². The molecule has 1 aromatic rings. The Bertz CT molecular complexity index is 334. The lowest BCUT2D eigenvalue weighted by molar-refractivity contribution is 0.230.